The van der Waals surface area contributed by atoms with E-state index in [2.05, 4.69) is 9.97 Å². The van der Waals surface area contributed by atoms with E-state index >= 15 is 0 Å². The van der Waals surface area contributed by atoms with Gasteiger partial charge in [0, 0.05) is 20.6 Å². The van der Waals surface area contributed by atoms with Gasteiger partial charge in [0.05, 0.1) is 12.6 Å². The normalized spacial score (nSPS) is 12.5. The van der Waals surface area contributed by atoms with Crippen LogP contribution in [0.5, 0.6) is 0 Å². The Bertz CT molecular complexity index is 1000. The lowest BCUT2D eigenvalue weighted by Gasteiger charge is -2.20. The highest BCUT2D eigenvalue weighted by molar-refractivity contribution is 5.74. The molecule has 0 aliphatic carbocycles. The summed E-state index contributed by atoms with van der Waals surface area (Å²) < 4.78 is 2.95. The summed E-state index contributed by atoms with van der Waals surface area (Å²) in [6, 6.07) is 9.86. The molecule has 2 N–H and O–H groups in total. The van der Waals surface area contributed by atoms with Gasteiger partial charge in [0.1, 0.15) is 0 Å². The topological polar surface area (TPSA) is 96.2 Å². The summed E-state index contributed by atoms with van der Waals surface area (Å²) in [6.45, 7) is 2.42. The third-order valence-electron chi connectivity index (χ3n) is 4.04. The number of aryl methyl sites for hydroxylation is 1. The second-order valence-corrected chi connectivity index (χ2v) is 6.20. The van der Waals surface area contributed by atoms with Crippen molar-refractivity contribution in [2.24, 2.45) is 7.05 Å². The molecule has 132 valence electrons. The lowest BCUT2D eigenvalue weighted by molar-refractivity contribution is 0.175. The number of imidazole rings is 1. The average molecular weight is 343 g/mol. The minimum atomic E-state index is -0.669. The fourth-order valence-electron chi connectivity index (χ4n) is 2.88. The number of aromatic nitrogens is 4. The number of hydrogen-bond acceptors (Lipinski definition) is 5. The van der Waals surface area contributed by atoms with Crippen LogP contribution in [0.2, 0.25) is 0 Å². The highest BCUT2D eigenvalue weighted by Gasteiger charge is 2.20. The minimum Gasteiger partial charge on any atom is -0.392 e. The fourth-order valence-corrected chi connectivity index (χ4v) is 2.88. The molecule has 3 aromatic rings. The number of fused-ring (bicyclic) bond motifs is 1. The second kappa shape index (κ2) is 6.56. The molecule has 3 rings (SSSR count). The maximum absolute atomic E-state index is 12.3. The van der Waals surface area contributed by atoms with Crippen LogP contribution in [0.4, 0.5) is 5.95 Å². The van der Waals surface area contributed by atoms with Crippen molar-refractivity contribution < 1.29 is 5.11 Å². The van der Waals surface area contributed by atoms with E-state index in [9.17, 15) is 14.7 Å². The molecular weight excluding hydrogens is 322 g/mol. The van der Waals surface area contributed by atoms with E-state index < -0.39 is 17.4 Å². The number of hydrogen-bond donors (Lipinski definition) is 2. The van der Waals surface area contributed by atoms with Crippen LogP contribution in [-0.4, -0.2) is 37.4 Å². The Morgan fingerprint density at radius 3 is 2.60 bits per heavy atom. The van der Waals surface area contributed by atoms with Gasteiger partial charge in [-0.15, -0.1) is 0 Å². The molecule has 8 nitrogen and oxygen atoms in total. The maximum Gasteiger partial charge on any atom is 0.329 e. The zero-order valence-corrected chi connectivity index (χ0v) is 14.4. The molecule has 0 amide bonds. The molecule has 0 bridgehead atoms. The van der Waals surface area contributed by atoms with Crippen molar-refractivity contribution in [3.63, 3.8) is 0 Å². The summed E-state index contributed by atoms with van der Waals surface area (Å²) in [6.07, 6.45) is -0.669. The van der Waals surface area contributed by atoms with Crippen LogP contribution in [0, 0.1) is 0 Å². The smallest absolute Gasteiger partial charge is 0.329 e. The Morgan fingerprint density at radius 2 is 1.96 bits per heavy atom. The summed E-state index contributed by atoms with van der Waals surface area (Å²) in [7, 11) is 3.42. The van der Waals surface area contributed by atoms with Crippen molar-refractivity contribution in [2.75, 3.05) is 11.9 Å². The zero-order chi connectivity index (χ0) is 18.1. The Morgan fingerprint density at radius 1 is 1.28 bits per heavy atom. The molecule has 0 aliphatic rings. The van der Waals surface area contributed by atoms with Crippen LogP contribution in [0.15, 0.2) is 39.9 Å². The van der Waals surface area contributed by atoms with Gasteiger partial charge >= 0.3 is 5.69 Å². The van der Waals surface area contributed by atoms with Crippen molar-refractivity contribution in [1.82, 2.24) is 19.1 Å². The van der Waals surface area contributed by atoms with Crippen molar-refractivity contribution in [3.05, 3.63) is 56.7 Å². The molecule has 1 atom stereocenters. The quantitative estimate of drug-likeness (QED) is 0.701. The van der Waals surface area contributed by atoms with E-state index in [-0.39, 0.29) is 12.1 Å². The lowest BCUT2D eigenvalue weighted by Crippen LogP contribution is -2.30. The van der Waals surface area contributed by atoms with E-state index in [1.807, 2.05) is 42.3 Å². The number of aliphatic hydroxyl groups is 1. The lowest BCUT2D eigenvalue weighted by atomic mass is 10.2. The molecule has 0 fully saturated rings. The monoisotopic (exact) mass is 343 g/mol. The van der Waals surface area contributed by atoms with Crippen LogP contribution in [0.1, 0.15) is 12.5 Å². The average Bonchev–Trinajstić information content (AvgIpc) is 2.93. The van der Waals surface area contributed by atoms with E-state index in [4.69, 9.17) is 0 Å². The summed E-state index contributed by atoms with van der Waals surface area (Å²) in [5.74, 6) is 0.520. The van der Waals surface area contributed by atoms with Gasteiger partial charge in [-0.3, -0.25) is 14.3 Å². The molecule has 0 unspecified atom stereocenters. The van der Waals surface area contributed by atoms with Crippen molar-refractivity contribution >= 4 is 17.1 Å². The number of rotatable bonds is 5. The standard InChI is InChI=1S/C17H21N5O3/c1-11(23)9-22-13-14(21(3)17(25)19-15(13)24)18-16(22)20(2)10-12-7-5-4-6-8-12/h4-8,11,23H,9-10H2,1-3H3,(H,19,24,25)/t11-/m1/s1. The molecule has 2 aromatic heterocycles. The van der Waals surface area contributed by atoms with Crippen LogP contribution < -0.4 is 16.1 Å². The largest absolute Gasteiger partial charge is 0.392 e. The maximum atomic E-state index is 12.3. The van der Waals surface area contributed by atoms with Gasteiger partial charge in [-0.25, -0.2) is 4.79 Å². The molecule has 25 heavy (non-hydrogen) atoms. The first-order valence-corrected chi connectivity index (χ1v) is 8.01. The Balaban J connectivity index is 2.16. The highest BCUT2D eigenvalue weighted by atomic mass is 16.3. The van der Waals surface area contributed by atoms with Gasteiger partial charge in [-0.2, -0.15) is 4.98 Å². The fraction of sp³-hybridized carbons (Fsp3) is 0.353. The van der Waals surface area contributed by atoms with Gasteiger partial charge in [0.15, 0.2) is 11.2 Å². The number of aliphatic hydroxyl groups excluding tert-OH is 1. The summed E-state index contributed by atoms with van der Waals surface area (Å²) in [4.78, 5) is 32.9. The number of H-pyrrole nitrogens is 1. The van der Waals surface area contributed by atoms with Crippen LogP contribution >= 0.6 is 0 Å². The van der Waals surface area contributed by atoms with Crippen molar-refractivity contribution in [3.8, 4) is 0 Å². The first kappa shape index (κ1) is 17.0. The van der Waals surface area contributed by atoms with E-state index in [0.717, 1.165) is 5.56 Å². The predicted molar refractivity (Wildman–Crippen MR) is 95.8 cm³/mol. The number of nitrogens with zero attached hydrogens (tertiary/aromatic N) is 4. The van der Waals surface area contributed by atoms with Gasteiger partial charge in [-0.1, -0.05) is 30.3 Å². The molecule has 0 aliphatic heterocycles. The Kier molecular flexibility index (Phi) is 4.45. The van der Waals surface area contributed by atoms with Gasteiger partial charge < -0.3 is 14.6 Å². The predicted octanol–water partition coefficient (Wildman–Crippen LogP) is 0.440. The number of aromatic amines is 1. The van der Waals surface area contributed by atoms with Gasteiger partial charge in [0.25, 0.3) is 5.56 Å². The molecule has 1 aromatic carbocycles. The number of nitrogens with one attached hydrogen (secondary N) is 1. The van der Waals surface area contributed by atoms with Gasteiger partial charge in [-0.05, 0) is 12.5 Å². The zero-order valence-electron chi connectivity index (χ0n) is 14.4. The molecular formula is C17H21N5O3. The van der Waals surface area contributed by atoms with Crippen LogP contribution in [0.25, 0.3) is 11.2 Å². The molecule has 0 spiro atoms. The SMILES string of the molecule is C[C@@H](O)Cn1c(N(C)Cc2ccccc2)nc2c1c(=O)[nH]c(=O)n2C. The summed E-state index contributed by atoms with van der Waals surface area (Å²) in [5.41, 5.74) is 0.632. The summed E-state index contributed by atoms with van der Waals surface area (Å²) >= 11 is 0. The molecule has 2 heterocycles. The van der Waals surface area contributed by atoms with Crippen molar-refractivity contribution in [2.45, 2.75) is 26.1 Å². The van der Waals surface area contributed by atoms with Gasteiger partial charge in [0.2, 0.25) is 5.95 Å². The third-order valence-corrected chi connectivity index (χ3v) is 4.04. The number of anilines is 1. The number of benzene rings is 1. The summed E-state index contributed by atoms with van der Waals surface area (Å²) in [5, 5.41) is 9.85. The Hall–Kier alpha value is -2.87. The first-order valence-electron chi connectivity index (χ1n) is 8.01. The van der Waals surface area contributed by atoms with E-state index in [0.29, 0.717) is 18.1 Å². The van der Waals surface area contributed by atoms with E-state index in [1.165, 1.54) is 4.57 Å². The second-order valence-electron chi connectivity index (χ2n) is 6.20. The third kappa shape index (κ3) is 3.20. The van der Waals surface area contributed by atoms with E-state index in [1.54, 1.807) is 18.5 Å². The minimum absolute atomic E-state index is 0.201. The van der Waals surface area contributed by atoms with Crippen LogP contribution in [-0.2, 0) is 20.1 Å². The highest BCUT2D eigenvalue weighted by Crippen LogP contribution is 2.20. The molecule has 0 saturated heterocycles. The molecule has 0 radical (unpaired) electrons. The molecule has 8 heteroatoms. The first-order chi connectivity index (χ1) is 11.9. The molecule has 0 saturated carbocycles. The Labute approximate surface area is 144 Å². The van der Waals surface area contributed by atoms with Crippen molar-refractivity contribution in [1.29, 1.82) is 0 Å². The van der Waals surface area contributed by atoms with Crippen LogP contribution in [0.3, 0.4) is 0 Å².